The number of carbonyl (C=O) groups is 2. The van der Waals surface area contributed by atoms with Gasteiger partial charge in [0.05, 0.1) is 48.0 Å². The van der Waals surface area contributed by atoms with Crippen molar-refractivity contribution in [2.75, 3.05) is 20.2 Å². The topological polar surface area (TPSA) is 127 Å². The fourth-order valence-corrected chi connectivity index (χ4v) is 5.16. The van der Waals surface area contributed by atoms with Gasteiger partial charge in [0.1, 0.15) is 11.7 Å². The van der Waals surface area contributed by atoms with Gasteiger partial charge in [0.15, 0.2) is 0 Å². The molecule has 2 N–H and O–H groups in total. The molecule has 0 radical (unpaired) electrons. The maximum atomic E-state index is 15.8. The number of hydrogen-bond donors (Lipinski definition) is 1. The normalized spacial score (nSPS) is 20.1. The Morgan fingerprint density at radius 1 is 1.36 bits per heavy atom. The summed E-state index contributed by atoms with van der Waals surface area (Å²) in [5.74, 6) is -1.38. The molecule has 0 spiro atoms. The Morgan fingerprint density at radius 2 is 2.11 bits per heavy atom. The van der Waals surface area contributed by atoms with E-state index in [1.54, 1.807) is 11.3 Å². The summed E-state index contributed by atoms with van der Waals surface area (Å²) in [4.78, 5) is 30.2. The number of thiazole rings is 1. The van der Waals surface area contributed by atoms with Gasteiger partial charge in [0.2, 0.25) is 0 Å². The number of benzene rings is 1. The number of rotatable bonds is 8. The van der Waals surface area contributed by atoms with Crippen molar-refractivity contribution in [3.05, 3.63) is 57.7 Å². The number of amides is 1. The van der Waals surface area contributed by atoms with Crippen LogP contribution in [0.25, 0.3) is 11.3 Å². The number of likely N-dealkylation sites (tertiary alicyclic amines) is 1. The van der Waals surface area contributed by atoms with Crippen LogP contribution >= 0.6 is 11.3 Å². The summed E-state index contributed by atoms with van der Waals surface area (Å²) in [5.41, 5.74) is 7.34. The second kappa shape index (κ2) is 10.6. The summed E-state index contributed by atoms with van der Waals surface area (Å²) in [5, 5.41) is 16.9. The second-order valence-corrected chi connectivity index (χ2v) is 9.95. The number of aromatic nitrogens is 3. The number of esters is 1. The Bertz CT molecular complexity index is 1300. The number of nitrogens with two attached hydrogens (primary N) is 1. The van der Waals surface area contributed by atoms with Gasteiger partial charge in [0.25, 0.3) is 5.91 Å². The van der Waals surface area contributed by atoms with Crippen molar-refractivity contribution in [3.63, 3.8) is 0 Å². The molecule has 11 heteroatoms. The molecule has 0 bridgehead atoms. The van der Waals surface area contributed by atoms with E-state index < -0.39 is 23.6 Å². The number of nitriles is 1. The van der Waals surface area contributed by atoms with Crippen LogP contribution in [0, 0.1) is 18.3 Å². The molecule has 188 valence electrons. The molecule has 1 aliphatic heterocycles. The van der Waals surface area contributed by atoms with Crippen LogP contribution in [0.5, 0.6) is 0 Å². The minimum atomic E-state index is -1.44. The predicted molar refractivity (Wildman–Crippen MR) is 132 cm³/mol. The van der Waals surface area contributed by atoms with Crippen molar-refractivity contribution in [3.8, 4) is 17.3 Å². The third-order valence-corrected chi connectivity index (χ3v) is 7.35. The number of carbonyl (C=O) groups excluding carboxylic acids is 2. The van der Waals surface area contributed by atoms with Crippen LogP contribution in [-0.2, 0) is 28.0 Å². The number of hydrogen-bond acceptors (Lipinski definition) is 8. The van der Waals surface area contributed by atoms with Gasteiger partial charge in [-0.25, -0.2) is 9.37 Å². The highest BCUT2D eigenvalue weighted by atomic mass is 32.1. The van der Waals surface area contributed by atoms with E-state index in [1.165, 1.54) is 18.0 Å². The lowest BCUT2D eigenvalue weighted by Crippen LogP contribution is -2.54. The van der Waals surface area contributed by atoms with Crippen LogP contribution in [0.4, 0.5) is 4.39 Å². The Balaban J connectivity index is 1.51. The van der Waals surface area contributed by atoms with Crippen LogP contribution in [0.2, 0.25) is 0 Å². The van der Waals surface area contributed by atoms with Gasteiger partial charge >= 0.3 is 5.97 Å². The van der Waals surface area contributed by atoms with E-state index >= 15 is 4.39 Å². The van der Waals surface area contributed by atoms with E-state index in [9.17, 15) is 14.9 Å². The van der Waals surface area contributed by atoms with E-state index in [0.29, 0.717) is 19.5 Å². The number of methoxy groups -OCH3 is 1. The summed E-state index contributed by atoms with van der Waals surface area (Å²) in [7, 11) is 1.22. The van der Waals surface area contributed by atoms with Crippen LogP contribution in [-0.4, -0.2) is 57.9 Å². The molecule has 1 saturated heterocycles. The fraction of sp³-hybridized carbons (Fsp3) is 0.400. The highest BCUT2D eigenvalue weighted by Gasteiger charge is 2.46. The molecule has 4 rings (SSSR count). The van der Waals surface area contributed by atoms with Crippen molar-refractivity contribution >= 4 is 23.2 Å². The zero-order valence-electron chi connectivity index (χ0n) is 20.1. The third-order valence-electron chi connectivity index (χ3n) is 6.57. The number of alkyl halides is 1. The zero-order valence-corrected chi connectivity index (χ0v) is 20.9. The molecule has 9 nitrogen and oxygen atoms in total. The molecular formula is C25H27FN6O3S. The number of primary amides is 1. The maximum absolute atomic E-state index is 15.8. The molecule has 2 unspecified atom stereocenters. The number of piperidine rings is 1. The number of nitrogens with zero attached hydrogens (tertiary/aromatic N) is 5. The molecule has 1 fully saturated rings. The minimum absolute atomic E-state index is 0.0164. The van der Waals surface area contributed by atoms with Crippen molar-refractivity contribution in [2.45, 2.75) is 44.4 Å². The highest BCUT2D eigenvalue weighted by molar-refractivity contribution is 7.09. The number of aryl methyl sites for hydroxylation is 1. The lowest BCUT2D eigenvalue weighted by molar-refractivity contribution is -0.139. The number of ether oxygens (including phenoxy) is 1. The molecule has 2 atom stereocenters. The molecule has 2 aromatic heterocycles. The van der Waals surface area contributed by atoms with E-state index in [1.807, 2.05) is 41.5 Å². The smallest absolute Gasteiger partial charge is 0.311 e. The van der Waals surface area contributed by atoms with Crippen LogP contribution < -0.4 is 5.73 Å². The first kappa shape index (κ1) is 25.5. The molecule has 3 aromatic rings. The van der Waals surface area contributed by atoms with Gasteiger partial charge < -0.3 is 10.5 Å². The average molecular weight is 511 g/mol. The van der Waals surface area contributed by atoms with Crippen LogP contribution in [0.15, 0.2) is 35.8 Å². The number of halogens is 1. The molecule has 1 aliphatic rings. The maximum Gasteiger partial charge on any atom is 0.311 e. The van der Waals surface area contributed by atoms with E-state index in [2.05, 4.69) is 20.9 Å². The Morgan fingerprint density at radius 3 is 2.69 bits per heavy atom. The molecular weight excluding hydrogens is 483 g/mol. The van der Waals surface area contributed by atoms with Gasteiger partial charge in [-0.3, -0.25) is 19.2 Å². The summed E-state index contributed by atoms with van der Waals surface area (Å²) in [6.45, 7) is 3.13. The van der Waals surface area contributed by atoms with E-state index in [-0.39, 0.29) is 30.6 Å². The molecule has 0 saturated carbocycles. The SMILES string of the molecule is COC(=O)Cc1nn(C2(CC#N)CCN(Cc3ccc(-c4csc(C)n4)cc3)CC2F)cc1C(N)=O. The summed E-state index contributed by atoms with van der Waals surface area (Å²) < 4.78 is 21.8. The monoisotopic (exact) mass is 510 g/mol. The standard InChI is InChI=1S/C25H27FN6O3S/c1-16-29-21(15-36-16)18-5-3-17(4-6-18)12-31-10-8-25(7-9-27,22(26)14-31)32-13-19(24(28)34)20(30-32)11-23(33)35-2/h3-6,13,15,22H,7-8,10-12,14H2,1-2H3,(H2,28,34). The summed E-state index contributed by atoms with van der Waals surface area (Å²) >= 11 is 1.60. The van der Waals surface area contributed by atoms with Crippen molar-refractivity contribution in [2.24, 2.45) is 5.73 Å². The lowest BCUT2D eigenvalue weighted by Gasteiger charge is -2.43. The molecule has 1 amide bonds. The lowest BCUT2D eigenvalue weighted by atomic mass is 9.83. The van der Waals surface area contributed by atoms with Crippen molar-refractivity contribution < 1.29 is 18.7 Å². The van der Waals surface area contributed by atoms with Gasteiger partial charge in [-0.1, -0.05) is 24.3 Å². The average Bonchev–Trinajstić information content (AvgIpc) is 3.48. The summed E-state index contributed by atoms with van der Waals surface area (Å²) in [6, 6.07) is 10.1. The largest absolute Gasteiger partial charge is 0.469 e. The summed E-state index contributed by atoms with van der Waals surface area (Å²) in [6.07, 6.45) is -0.199. The quantitative estimate of drug-likeness (QED) is 0.462. The predicted octanol–water partition coefficient (Wildman–Crippen LogP) is 2.98. The first-order valence-electron chi connectivity index (χ1n) is 11.5. The highest BCUT2D eigenvalue weighted by Crippen LogP contribution is 2.36. The van der Waals surface area contributed by atoms with Crippen molar-refractivity contribution in [1.29, 1.82) is 5.26 Å². The Kier molecular flexibility index (Phi) is 7.47. The third kappa shape index (κ3) is 5.15. The van der Waals surface area contributed by atoms with Gasteiger partial charge in [-0.05, 0) is 18.9 Å². The van der Waals surface area contributed by atoms with Crippen LogP contribution in [0.1, 0.15) is 39.5 Å². The Labute approximate surface area is 212 Å². The van der Waals surface area contributed by atoms with E-state index in [0.717, 1.165) is 21.8 Å². The Hall–Kier alpha value is -3.62. The molecule has 1 aromatic carbocycles. The minimum Gasteiger partial charge on any atom is -0.469 e. The molecule has 0 aliphatic carbocycles. The zero-order chi connectivity index (χ0) is 25.9. The first-order chi connectivity index (χ1) is 17.3. The molecule has 36 heavy (non-hydrogen) atoms. The van der Waals surface area contributed by atoms with Crippen LogP contribution in [0.3, 0.4) is 0 Å². The molecule has 3 heterocycles. The van der Waals surface area contributed by atoms with Crippen molar-refractivity contribution in [1.82, 2.24) is 19.7 Å². The van der Waals surface area contributed by atoms with Gasteiger partial charge in [0, 0.05) is 36.8 Å². The van der Waals surface area contributed by atoms with Gasteiger partial charge in [-0.15, -0.1) is 11.3 Å². The second-order valence-electron chi connectivity index (χ2n) is 8.89. The van der Waals surface area contributed by atoms with E-state index in [4.69, 9.17) is 5.73 Å². The van der Waals surface area contributed by atoms with Gasteiger partial charge in [-0.2, -0.15) is 10.4 Å². The first-order valence-corrected chi connectivity index (χ1v) is 12.3. The fourth-order valence-electron chi connectivity index (χ4n) is 4.53.